The second-order valence-corrected chi connectivity index (χ2v) is 17.4. The van der Waals surface area contributed by atoms with Crippen LogP contribution in [0.2, 0.25) is 19.6 Å². The monoisotopic (exact) mass is 776 g/mol. The van der Waals surface area contributed by atoms with Crippen molar-refractivity contribution in [2.24, 2.45) is 0 Å². The summed E-state index contributed by atoms with van der Waals surface area (Å²) in [7, 11) is -1.30. The van der Waals surface area contributed by atoms with E-state index in [1.165, 1.54) is 16.3 Å². The molecule has 6 aromatic rings. The minimum Gasteiger partial charge on any atom is -0.486 e. The predicted octanol–water partition coefficient (Wildman–Crippen LogP) is 9.57. The number of hydrogen-bond acceptors (Lipinski definition) is 4. The molecule has 0 saturated heterocycles. The van der Waals surface area contributed by atoms with Gasteiger partial charge in [-0.15, -0.1) is 54.1 Å². The molecule has 1 radical (unpaired) electrons. The molecule has 2 aromatic carbocycles. The number of furan rings is 1. The van der Waals surface area contributed by atoms with Crippen molar-refractivity contribution >= 4 is 35.3 Å². The van der Waals surface area contributed by atoms with Crippen molar-refractivity contribution in [3.8, 4) is 22.5 Å². The first-order valence-corrected chi connectivity index (χ1v) is 18.8. The molecule has 0 unspecified atom stereocenters. The zero-order valence-electron chi connectivity index (χ0n) is 26.8. The first-order valence-electron chi connectivity index (χ1n) is 15.3. The Hall–Kier alpha value is -3.44. The molecule has 0 bridgehead atoms. The van der Waals surface area contributed by atoms with Crippen LogP contribution in [0.25, 0.3) is 44.6 Å². The summed E-state index contributed by atoms with van der Waals surface area (Å²) in [6, 6.07) is 29.1. The maximum Gasteiger partial charge on any atom is 0.216 e. The number of benzene rings is 2. The summed E-state index contributed by atoms with van der Waals surface area (Å²) in [5.74, 6) is 0. The first-order chi connectivity index (χ1) is 20.7. The topological polar surface area (TPSA) is 51.8 Å². The Balaban J connectivity index is 0.000000207. The van der Waals surface area contributed by atoms with Gasteiger partial charge in [-0.1, -0.05) is 76.0 Å². The smallest absolute Gasteiger partial charge is 0.216 e. The van der Waals surface area contributed by atoms with Crippen LogP contribution in [0.4, 0.5) is 0 Å². The molecular formula is C38H41IrN3OSi-2. The molecule has 0 aliphatic heterocycles. The van der Waals surface area contributed by atoms with Crippen LogP contribution in [-0.2, 0) is 31.9 Å². The molecule has 6 rings (SSSR count). The van der Waals surface area contributed by atoms with Crippen LogP contribution >= 0.6 is 0 Å². The SMILES string of the molecule is CCC(C)(CC)c1ccnc(-c2[c-]ccc3c2oc2ncccc23)c1.CCc1cc(-c2[c-]cccc2)ncc1[Si](C)(C)C.[Ir]. The van der Waals surface area contributed by atoms with E-state index in [2.05, 4.69) is 105 Å². The van der Waals surface area contributed by atoms with Crippen molar-refractivity contribution in [2.45, 2.75) is 72.0 Å². The third-order valence-electron chi connectivity index (χ3n) is 8.65. The van der Waals surface area contributed by atoms with Crippen molar-refractivity contribution < 1.29 is 24.5 Å². The second kappa shape index (κ2) is 14.1. The van der Waals surface area contributed by atoms with Crippen molar-refractivity contribution in [2.75, 3.05) is 0 Å². The van der Waals surface area contributed by atoms with Crippen molar-refractivity contribution in [3.63, 3.8) is 0 Å². The van der Waals surface area contributed by atoms with E-state index < -0.39 is 8.07 Å². The van der Waals surface area contributed by atoms with E-state index >= 15 is 0 Å². The van der Waals surface area contributed by atoms with Gasteiger partial charge < -0.3 is 14.4 Å². The minimum absolute atomic E-state index is 0. The molecule has 0 spiro atoms. The van der Waals surface area contributed by atoms with Gasteiger partial charge in [0.15, 0.2) is 0 Å². The number of pyridine rings is 3. The van der Waals surface area contributed by atoms with Gasteiger partial charge in [0.25, 0.3) is 0 Å². The molecule has 0 aliphatic carbocycles. The van der Waals surface area contributed by atoms with Crippen molar-refractivity contribution in [1.82, 2.24) is 15.0 Å². The molecule has 4 aromatic heterocycles. The van der Waals surface area contributed by atoms with E-state index in [-0.39, 0.29) is 25.5 Å². The summed E-state index contributed by atoms with van der Waals surface area (Å²) >= 11 is 0. The Morgan fingerprint density at radius 3 is 2.27 bits per heavy atom. The number of fused-ring (bicyclic) bond motifs is 3. The third kappa shape index (κ3) is 6.93. The van der Waals surface area contributed by atoms with Crippen molar-refractivity contribution in [3.05, 3.63) is 109 Å². The minimum atomic E-state index is -1.30. The molecule has 0 fully saturated rings. The van der Waals surface area contributed by atoms with Gasteiger partial charge in [0.1, 0.15) is 0 Å². The molecule has 0 atom stereocenters. The van der Waals surface area contributed by atoms with Gasteiger partial charge in [-0.3, -0.25) is 0 Å². The van der Waals surface area contributed by atoms with Crippen LogP contribution in [-0.4, -0.2) is 23.0 Å². The average molecular weight is 776 g/mol. The molecule has 6 heteroatoms. The van der Waals surface area contributed by atoms with Crippen LogP contribution in [0.1, 0.15) is 51.7 Å². The van der Waals surface area contributed by atoms with E-state index in [0.29, 0.717) is 5.71 Å². The fraction of sp³-hybridized carbons (Fsp3) is 0.289. The second-order valence-electron chi connectivity index (χ2n) is 12.4. The Labute approximate surface area is 276 Å². The summed E-state index contributed by atoms with van der Waals surface area (Å²) in [4.78, 5) is 13.6. The van der Waals surface area contributed by atoms with Crippen LogP contribution in [0.3, 0.4) is 0 Å². The van der Waals surface area contributed by atoms with Gasteiger partial charge in [-0.25, -0.2) is 4.98 Å². The number of aromatic nitrogens is 3. The predicted molar refractivity (Wildman–Crippen MR) is 182 cm³/mol. The van der Waals surface area contributed by atoms with E-state index in [1.54, 1.807) is 6.20 Å². The van der Waals surface area contributed by atoms with E-state index in [0.717, 1.165) is 58.1 Å². The zero-order chi connectivity index (χ0) is 30.6. The number of nitrogens with zero attached hydrogens (tertiary/aromatic N) is 3. The Morgan fingerprint density at radius 2 is 1.59 bits per heavy atom. The summed E-state index contributed by atoms with van der Waals surface area (Å²) in [6.45, 7) is 16.1. The molecular weight excluding hydrogens is 735 g/mol. The molecule has 229 valence electrons. The zero-order valence-corrected chi connectivity index (χ0v) is 30.2. The Kier molecular flexibility index (Phi) is 10.7. The van der Waals surface area contributed by atoms with Crippen LogP contribution in [0.5, 0.6) is 0 Å². The third-order valence-corrected chi connectivity index (χ3v) is 10.7. The van der Waals surface area contributed by atoms with Gasteiger partial charge in [-0.2, -0.15) is 0 Å². The standard InChI is InChI=1S/C22H21N2O.C16H20NSi.Ir/c1-4-22(3,5-2)15-11-13-23-19(14-15)18-9-6-8-16-17-10-7-12-24-21(17)25-20(16)18;1-5-13-11-15(14-9-7-6-8-10-14)17-12-16(13)18(2,3)4;/h6-8,10-14H,4-5H2,1-3H3;6-9,11-12H,5H2,1-4H3;/q2*-1;. The van der Waals surface area contributed by atoms with E-state index in [1.807, 2.05) is 48.7 Å². The van der Waals surface area contributed by atoms with Gasteiger partial charge in [0.05, 0.1) is 13.7 Å². The number of hydrogen-bond donors (Lipinski definition) is 0. The fourth-order valence-electron chi connectivity index (χ4n) is 5.53. The summed E-state index contributed by atoms with van der Waals surface area (Å²) < 4.78 is 6.03. The van der Waals surface area contributed by atoms with Crippen molar-refractivity contribution in [1.29, 1.82) is 0 Å². The summed E-state index contributed by atoms with van der Waals surface area (Å²) in [5.41, 5.74) is 8.27. The average Bonchev–Trinajstić information content (AvgIpc) is 3.43. The van der Waals surface area contributed by atoms with E-state index in [9.17, 15) is 0 Å². The largest absolute Gasteiger partial charge is 0.486 e. The van der Waals surface area contributed by atoms with E-state index in [4.69, 9.17) is 4.42 Å². The molecule has 4 heterocycles. The van der Waals surface area contributed by atoms with Crippen LogP contribution in [0, 0.1) is 12.1 Å². The maximum atomic E-state index is 6.03. The molecule has 0 saturated carbocycles. The summed E-state index contributed by atoms with van der Waals surface area (Å²) in [6.07, 6.45) is 8.98. The van der Waals surface area contributed by atoms with Gasteiger partial charge in [-0.05, 0) is 65.0 Å². The fourth-order valence-corrected chi connectivity index (χ4v) is 7.20. The molecule has 4 nitrogen and oxygen atoms in total. The van der Waals surface area contributed by atoms with Crippen LogP contribution in [0.15, 0.2) is 89.7 Å². The Bertz CT molecular complexity index is 1840. The molecule has 0 amide bonds. The first kappa shape index (κ1) is 33.4. The quantitative estimate of drug-likeness (QED) is 0.120. The maximum absolute atomic E-state index is 6.03. The normalized spacial score (nSPS) is 11.6. The molecule has 0 N–H and O–H groups in total. The number of aryl methyl sites for hydroxylation is 1. The molecule has 44 heavy (non-hydrogen) atoms. The van der Waals surface area contributed by atoms with Gasteiger partial charge in [0.2, 0.25) is 5.71 Å². The van der Waals surface area contributed by atoms with Gasteiger partial charge in [0, 0.05) is 44.1 Å². The number of rotatable bonds is 7. The van der Waals surface area contributed by atoms with Gasteiger partial charge >= 0.3 is 0 Å². The Morgan fingerprint density at radius 1 is 0.795 bits per heavy atom. The molecule has 0 aliphatic rings. The van der Waals surface area contributed by atoms with Crippen LogP contribution < -0.4 is 5.19 Å². The summed E-state index contributed by atoms with van der Waals surface area (Å²) in [5, 5.41) is 3.55.